The molecule has 0 unspecified atom stereocenters. The van der Waals surface area contributed by atoms with Crippen molar-refractivity contribution in [1.29, 1.82) is 0 Å². The van der Waals surface area contributed by atoms with Crippen LogP contribution in [0.25, 0.3) is 0 Å². The van der Waals surface area contributed by atoms with E-state index in [1.165, 1.54) is 12.3 Å². The van der Waals surface area contributed by atoms with Gasteiger partial charge in [0, 0.05) is 19.0 Å². The Bertz CT molecular complexity index is 377. The van der Waals surface area contributed by atoms with Gasteiger partial charge in [-0.05, 0) is 6.07 Å². The van der Waals surface area contributed by atoms with Crippen molar-refractivity contribution in [3.05, 3.63) is 18.0 Å². The summed E-state index contributed by atoms with van der Waals surface area (Å²) in [6.07, 6.45) is 2.95. The molecule has 0 amide bonds. The van der Waals surface area contributed by atoms with Gasteiger partial charge in [0.05, 0.1) is 13.2 Å². The van der Waals surface area contributed by atoms with Crippen LogP contribution >= 0.6 is 0 Å². The monoisotopic (exact) mass is 224 g/mol. The van der Waals surface area contributed by atoms with Crippen LogP contribution < -0.4 is 4.74 Å². The minimum atomic E-state index is -1.08. The first-order valence-electron chi connectivity index (χ1n) is 5.06. The molecule has 1 aromatic heterocycles. The van der Waals surface area contributed by atoms with Crippen LogP contribution in [-0.4, -0.2) is 40.4 Å². The molecule has 1 aliphatic rings. The molecular weight excluding hydrogens is 212 g/mol. The molecule has 1 aromatic rings. The number of rotatable bonds is 3. The number of ether oxygens (including phenoxy) is 2. The van der Waals surface area contributed by atoms with Gasteiger partial charge in [-0.3, -0.25) is 0 Å². The first-order valence-corrected chi connectivity index (χ1v) is 5.06. The maximum atomic E-state index is 10.7. The highest BCUT2D eigenvalue weighted by molar-refractivity contribution is 5.85. The van der Waals surface area contributed by atoms with E-state index in [-0.39, 0.29) is 17.8 Å². The zero-order valence-corrected chi connectivity index (χ0v) is 8.63. The molecular formula is C10H12N2O4. The van der Waals surface area contributed by atoms with Gasteiger partial charge in [-0.1, -0.05) is 0 Å². The second kappa shape index (κ2) is 4.89. The standard InChI is InChI=1S/C10H12N2O4/c13-9(14)8-1-4-11-10(12-8)16-7-2-5-15-6-3-7/h1,4,7H,2-3,5-6H2,(H,13,14). The summed E-state index contributed by atoms with van der Waals surface area (Å²) in [5.74, 6) is -1.08. The highest BCUT2D eigenvalue weighted by atomic mass is 16.5. The van der Waals surface area contributed by atoms with Crippen LogP contribution in [0, 0.1) is 0 Å². The summed E-state index contributed by atoms with van der Waals surface area (Å²) < 4.78 is 10.7. The molecule has 0 aromatic carbocycles. The molecule has 1 aliphatic heterocycles. The average Bonchev–Trinajstić information content (AvgIpc) is 2.30. The zero-order chi connectivity index (χ0) is 11.4. The summed E-state index contributed by atoms with van der Waals surface area (Å²) in [5.41, 5.74) is -0.0583. The van der Waals surface area contributed by atoms with Gasteiger partial charge in [-0.15, -0.1) is 0 Å². The maximum Gasteiger partial charge on any atom is 0.354 e. The molecule has 1 saturated heterocycles. The number of aromatic carboxylic acids is 1. The van der Waals surface area contributed by atoms with Crippen molar-refractivity contribution in [3.63, 3.8) is 0 Å². The Morgan fingerprint density at radius 2 is 2.25 bits per heavy atom. The molecule has 0 spiro atoms. The smallest absolute Gasteiger partial charge is 0.354 e. The summed E-state index contributed by atoms with van der Waals surface area (Å²) in [5, 5.41) is 8.75. The lowest BCUT2D eigenvalue weighted by Gasteiger charge is -2.21. The van der Waals surface area contributed by atoms with Crippen molar-refractivity contribution in [2.75, 3.05) is 13.2 Å². The van der Waals surface area contributed by atoms with Crippen LogP contribution in [0.2, 0.25) is 0 Å². The molecule has 0 atom stereocenters. The van der Waals surface area contributed by atoms with Gasteiger partial charge in [0.15, 0.2) is 5.69 Å². The molecule has 2 rings (SSSR count). The number of aromatic nitrogens is 2. The van der Waals surface area contributed by atoms with Crippen molar-refractivity contribution in [1.82, 2.24) is 9.97 Å². The van der Waals surface area contributed by atoms with Crippen molar-refractivity contribution >= 4 is 5.97 Å². The lowest BCUT2D eigenvalue weighted by molar-refractivity contribution is 0.0214. The highest BCUT2D eigenvalue weighted by Crippen LogP contribution is 2.13. The third-order valence-electron chi connectivity index (χ3n) is 2.29. The Labute approximate surface area is 92.2 Å². The molecule has 0 aliphatic carbocycles. The van der Waals surface area contributed by atoms with E-state index in [4.69, 9.17) is 14.6 Å². The Balaban J connectivity index is 2.02. The Morgan fingerprint density at radius 1 is 1.50 bits per heavy atom. The van der Waals surface area contributed by atoms with Gasteiger partial charge in [-0.2, -0.15) is 4.98 Å². The fraction of sp³-hybridized carbons (Fsp3) is 0.500. The summed E-state index contributed by atoms with van der Waals surface area (Å²) in [6, 6.07) is 1.45. The molecule has 16 heavy (non-hydrogen) atoms. The van der Waals surface area contributed by atoms with Gasteiger partial charge in [0.25, 0.3) is 0 Å². The molecule has 1 N–H and O–H groups in total. The fourth-order valence-corrected chi connectivity index (χ4v) is 1.46. The van der Waals surface area contributed by atoms with E-state index < -0.39 is 5.97 Å². The lowest BCUT2D eigenvalue weighted by atomic mass is 10.2. The minimum absolute atomic E-state index is 0.0118. The maximum absolute atomic E-state index is 10.7. The van der Waals surface area contributed by atoms with E-state index in [1.54, 1.807) is 0 Å². The molecule has 6 nitrogen and oxygen atoms in total. The van der Waals surface area contributed by atoms with E-state index in [2.05, 4.69) is 9.97 Å². The largest absolute Gasteiger partial charge is 0.477 e. The number of hydrogen-bond acceptors (Lipinski definition) is 5. The third kappa shape index (κ3) is 2.66. The van der Waals surface area contributed by atoms with E-state index in [1.807, 2.05) is 0 Å². The molecule has 6 heteroatoms. The fourth-order valence-electron chi connectivity index (χ4n) is 1.46. The molecule has 0 radical (unpaired) electrons. The van der Waals surface area contributed by atoms with Crippen molar-refractivity contribution in [3.8, 4) is 6.01 Å². The van der Waals surface area contributed by atoms with E-state index in [9.17, 15) is 4.79 Å². The van der Waals surface area contributed by atoms with E-state index in [0.29, 0.717) is 13.2 Å². The predicted molar refractivity (Wildman–Crippen MR) is 53.5 cm³/mol. The number of hydrogen-bond donors (Lipinski definition) is 1. The van der Waals surface area contributed by atoms with Crippen LogP contribution in [0.3, 0.4) is 0 Å². The second-order valence-corrected chi connectivity index (χ2v) is 3.46. The second-order valence-electron chi connectivity index (χ2n) is 3.46. The Hall–Kier alpha value is -1.69. The predicted octanol–water partition coefficient (Wildman–Crippen LogP) is 0.733. The van der Waals surface area contributed by atoms with Crippen LogP contribution in [0.4, 0.5) is 0 Å². The van der Waals surface area contributed by atoms with Crippen LogP contribution in [-0.2, 0) is 4.74 Å². The SMILES string of the molecule is O=C(O)c1ccnc(OC2CCOCC2)n1. The molecule has 2 heterocycles. The van der Waals surface area contributed by atoms with Gasteiger partial charge < -0.3 is 14.6 Å². The Kier molecular flexibility index (Phi) is 3.31. The highest BCUT2D eigenvalue weighted by Gasteiger charge is 2.17. The number of carbonyl (C=O) groups is 1. The van der Waals surface area contributed by atoms with E-state index >= 15 is 0 Å². The minimum Gasteiger partial charge on any atom is -0.477 e. The number of carboxylic acid groups (broad SMARTS) is 1. The molecule has 1 fully saturated rings. The molecule has 86 valence electrons. The van der Waals surface area contributed by atoms with Crippen molar-refractivity contribution in [2.24, 2.45) is 0 Å². The molecule has 0 saturated carbocycles. The summed E-state index contributed by atoms with van der Waals surface area (Å²) in [6.45, 7) is 1.31. The summed E-state index contributed by atoms with van der Waals surface area (Å²) in [7, 11) is 0. The van der Waals surface area contributed by atoms with E-state index in [0.717, 1.165) is 12.8 Å². The Morgan fingerprint density at radius 3 is 2.94 bits per heavy atom. The molecule has 0 bridgehead atoms. The topological polar surface area (TPSA) is 81.5 Å². The van der Waals surface area contributed by atoms with Gasteiger partial charge in [0.2, 0.25) is 0 Å². The van der Waals surface area contributed by atoms with Crippen molar-refractivity contribution in [2.45, 2.75) is 18.9 Å². The summed E-state index contributed by atoms with van der Waals surface area (Å²) >= 11 is 0. The first kappa shape index (κ1) is 10.8. The lowest BCUT2D eigenvalue weighted by Crippen LogP contribution is -2.26. The third-order valence-corrected chi connectivity index (χ3v) is 2.29. The van der Waals surface area contributed by atoms with Gasteiger partial charge in [0.1, 0.15) is 6.10 Å². The van der Waals surface area contributed by atoms with Crippen LogP contribution in [0.15, 0.2) is 12.3 Å². The number of carboxylic acids is 1. The van der Waals surface area contributed by atoms with Gasteiger partial charge >= 0.3 is 12.0 Å². The first-order chi connectivity index (χ1) is 7.75. The van der Waals surface area contributed by atoms with Crippen LogP contribution in [0.1, 0.15) is 23.3 Å². The quantitative estimate of drug-likeness (QED) is 0.815. The van der Waals surface area contributed by atoms with Gasteiger partial charge in [-0.25, -0.2) is 9.78 Å². The normalized spacial score (nSPS) is 17.0. The number of nitrogens with zero attached hydrogens (tertiary/aromatic N) is 2. The zero-order valence-electron chi connectivity index (χ0n) is 8.63. The van der Waals surface area contributed by atoms with Crippen molar-refractivity contribution < 1.29 is 19.4 Å². The average molecular weight is 224 g/mol. The summed E-state index contributed by atoms with van der Waals surface area (Å²) in [4.78, 5) is 18.4. The van der Waals surface area contributed by atoms with Crippen LogP contribution in [0.5, 0.6) is 6.01 Å².